The minimum atomic E-state index is -3.31. The van der Waals surface area contributed by atoms with Gasteiger partial charge in [-0.05, 0) is 54.7 Å². The number of thiophene rings is 2. The van der Waals surface area contributed by atoms with Gasteiger partial charge < -0.3 is 0 Å². The topological polar surface area (TPSA) is 49.4 Å². The van der Waals surface area contributed by atoms with E-state index in [0.29, 0.717) is 16.7 Å². The molecule has 1 fully saturated rings. The van der Waals surface area contributed by atoms with E-state index >= 15 is 0 Å². The second-order valence-corrected chi connectivity index (χ2v) is 9.56. The van der Waals surface area contributed by atoms with Gasteiger partial charge in [0.05, 0.1) is 0 Å². The lowest BCUT2D eigenvalue weighted by Crippen LogP contribution is -2.38. The van der Waals surface area contributed by atoms with E-state index < -0.39 is 10.0 Å². The molecule has 0 bridgehead atoms. The van der Waals surface area contributed by atoms with Crippen molar-refractivity contribution in [3.05, 3.63) is 39.9 Å². The molecule has 120 valence electrons. The number of nitrogens with zero attached hydrogens (tertiary/aromatic N) is 1. The maximum Gasteiger partial charge on any atom is 0.250 e. The quantitative estimate of drug-likeness (QED) is 0.866. The third-order valence-electron chi connectivity index (χ3n) is 3.99. The summed E-state index contributed by atoms with van der Waals surface area (Å²) in [4.78, 5) is 3.85. The lowest BCUT2D eigenvalue weighted by atomic mass is 9.97. The van der Waals surface area contributed by atoms with Gasteiger partial charge >= 0.3 is 0 Å². The Morgan fingerprint density at radius 2 is 1.86 bits per heavy atom. The molecule has 2 aromatic heterocycles. The molecule has 0 atom stereocenters. The summed E-state index contributed by atoms with van der Waals surface area (Å²) in [5, 5.41) is 3.90. The molecule has 2 aromatic rings. The van der Waals surface area contributed by atoms with Crippen LogP contribution in [0.1, 0.15) is 17.7 Å². The molecule has 0 aliphatic carbocycles. The molecule has 22 heavy (non-hydrogen) atoms. The maximum atomic E-state index is 12.1. The highest BCUT2D eigenvalue weighted by atomic mass is 32.2. The highest BCUT2D eigenvalue weighted by Gasteiger charge is 2.22. The molecule has 7 heteroatoms. The number of nitrogens with one attached hydrogen (secondary N) is 1. The average Bonchev–Trinajstić information content (AvgIpc) is 3.20. The highest BCUT2D eigenvalue weighted by Crippen LogP contribution is 2.21. The summed E-state index contributed by atoms with van der Waals surface area (Å²) in [5.74, 6) is 0.439. The number of hydrogen-bond acceptors (Lipinski definition) is 5. The molecule has 1 N–H and O–H groups in total. The summed E-state index contributed by atoms with van der Waals surface area (Å²) in [6.07, 6.45) is 2.11. The van der Waals surface area contributed by atoms with Gasteiger partial charge in [0.2, 0.25) is 10.0 Å². The number of rotatable bonds is 6. The van der Waals surface area contributed by atoms with Crippen molar-refractivity contribution in [1.82, 2.24) is 9.62 Å². The zero-order chi connectivity index (χ0) is 15.4. The molecule has 1 aliphatic heterocycles. The van der Waals surface area contributed by atoms with Crippen molar-refractivity contribution in [2.24, 2.45) is 5.92 Å². The average molecular weight is 357 g/mol. The van der Waals surface area contributed by atoms with E-state index in [2.05, 4.69) is 27.1 Å². The predicted octanol–water partition coefficient (Wildman–Crippen LogP) is 3.00. The van der Waals surface area contributed by atoms with Crippen LogP contribution in [-0.2, 0) is 16.6 Å². The van der Waals surface area contributed by atoms with Gasteiger partial charge in [0.1, 0.15) is 4.21 Å². The molecular weight excluding hydrogens is 336 g/mol. The minimum Gasteiger partial charge on any atom is -0.298 e. The number of piperidine rings is 1. The van der Waals surface area contributed by atoms with Crippen molar-refractivity contribution < 1.29 is 8.42 Å². The first-order valence-electron chi connectivity index (χ1n) is 7.41. The van der Waals surface area contributed by atoms with Crippen molar-refractivity contribution in [3.8, 4) is 0 Å². The fourth-order valence-electron chi connectivity index (χ4n) is 2.69. The SMILES string of the molecule is O=S(=O)(NCC1CCN(Cc2cccs2)CC1)c1cccs1. The Morgan fingerprint density at radius 1 is 1.14 bits per heavy atom. The normalized spacial score (nSPS) is 17.8. The molecule has 0 unspecified atom stereocenters. The zero-order valence-electron chi connectivity index (χ0n) is 12.3. The van der Waals surface area contributed by atoms with Crippen molar-refractivity contribution in [1.29, 1.82) is 0 Å². The first-order chi connectivity index (χ1) is 10.6. The second-order valence-electron chi connectivity index (χ2n) is 5.58. The number of sulfonamides is 1. The van der Waals surface area contributed by atoms with Crippen LogP contribution in [0.3, 0.4) is 0 Å². The smallest absolute Gasteiger partial charge is 0.250 e. The molecule has 0 aromatic carbocycles. The Labute approximate surface area is 139 Å². The summed E-state index contributed by atoms with van der Waals surface area (Å²) in [7, 11) is -3.31. The monoisotopic (exact) mass is 356 g/mol. The van der Waals surface area contributed by atoms with Gasteiger partial charge in [-0.2, -0.15) is 0 Å². The number of likely N-dealkylation sites (tertiary alicyclic amines) is 1. The molecular formula is C15H20N2O2S3. The second kappa shape index (κ2) is 7.23. The van der Waals surface area contributed by atoms with Crippen LogP contribution in [0.15, 0.2) is 39.2 Å². The van der Waals surface area contributed by atoms with Gasteiger partial charge in [-0.15, -0.1) is 22.7 Å². The Balaban J connectivity index is 1.44. The van der Waals surface area contributed by atoms with Crippen molar-refractivity contribution in [2.45, 2.75) is 23.6 Å². The fraction of sp³-hybridized carbons (Fsp3) is 0.467. The van der Waals surface area contributed by atoms with Crippen LogP contribution in [0, 0.1) is 5.92 Å². The Hall–Kier alpha value is -0.730. The van der Waals surface area contributed by atoms with Crippen molar-refractivity contribution >= 4 is 32.7 Å². The van der Waals surface area contributed by atoms with Gasteiger partial charge in [0.15, 0.2) is 0 Å². The lowest BCUT2D eigenvalue weighted by Gasteiger charge is -2.31. The Morgan fingerprint density at radius 3 is 2.50 bits per heavy atom. The summed E-state index contributed by atoms with van der Waals surface area (Å²) in [6.45, 7) is 3.66. The van der Waals surface area contributed by atoms with E-state index in [-0.39, 0.29) is 0 Å². The Kier molecular flexibility index (Phi) is 5.30. The molecule has 0 spiro atoms. The van der Waals surface area contributed by atoms with E-state index in [1.54, 1.807) is 28.8 Å². The molecule has 4 nitrogen and oxygen atoms in total. The van der Waals surface area contributed by atoms with Gasteiger partial charge in [0.25, 0.3) is 0 Å². The van der Waals surface area contributed by atoms with Crippen LogP contribution >= 0.6 is 22.7 Å². The molecule has 1 aliphatic rings. The van der Waals surface area contributed by atoms with Gasteiger partial charge in [-0.1, -0.05) is 12.1 Å². The van der Waals surface area contributed by atoms with Crippen LogP contribution in [0.5, 0.6) is 0 Å². The zero-order valence-corrected chi connectivity index (χ0v) is 14.7. The largest absolute Gasteiger partial charge is 0.298 e. The lowest BCUT2D eigenvalue weighted by molar-refractivity contribution is 0.180. The summed E-state index contributed by atoms with van der Waals surface area (Å²) >= 11 is 3.06. The minimum absolute atomic E-state index is 0.405. The van der Waals surface area contributed by atoms with Crippen LogP contribution in [-0.4, -0.2) is 33.0 Å². The van der Waals surface area contributed by atoms with E-state index in [1.807, 2.05) is 0 Å². The molecule has 3 heterocycles. The molecule has 0 radical (unpaired) electrons. The van der Waals surface area contributed by atoms with Crippen LogP contribution < -0.4 is 4.72 Å². The Bertz CT molecular complexity index is 658. The number of hydrogen-bond donors (Lipinski definition) is 1. The van der Waals surface area contributed by atoms with Gasteiger partial charge in [0, 0.05) is 18.0 Å². The summed E-state index contributed by atoms with van der Waals surface area (Å²) < 4.78 is 27.4. The molecule has 3 rings (SSSR count). The van der Waals surface area contributed by atoms with E-state index in [9.17, 15) is 8.42 Å². The van der Waals surface area contributed by atoms with Gasteiger partial charge in [-0.25, -0.2) is 13.1 Å². The van der Waals surface area contributed by atoms with Crippen LogP contribution in [0.4, 0.5) is 0 Å². The van der Waals surface area contributed by atoms with E-state index in [1.165, 1.54) is 16.2 Å². The van der Waals surface area contributed by atoms with E-state index in [4.69, 9.17) is 0 Å². The maximum absolute atomic E-state index is 12.1. The van der Waals surface area contributed by atoms with Crippen molar-refractivity contribution in [2.75, 3.05) is 19.6 Å². The van der Waals surface area contributed by atoms with Crippen LogP contribution in [0.2, 0.25) is 0 Å². The molecule has 0 amide bonds. The third-order valence-corrected chi connectivity index (χ3v) is 7.67. The first-order valence-corrected chi connectivity index (χ1v) is 10.7. The predicted molar refractivity (Wildman–Crippen MR) is 91.8 cm³/mol. The third kappa shape index (κ3) is 4.17. The first kappa shape index (κ1) is 16.1. The highest BCUT2D eigenvalue weighted by molar-refractivity contribution is 7.91. The summed E-state index contributed by atoms with van der Waals surface area (Å²) in [5.41, 5.74) is 0. The van der Waals surface area contributed by atoms with Crippen LogP contribution in [0.25, 0.3) is 0 Å². The molecule has 1 saturated heterocycles. The van der Waals surface area contributed by atoms with Crippen molar-refractivity contribution in [3.63, 3.8) is 0 Å². The summed E-state index contributed by atoms with van der Waals surface area (Å²) in [6, 6.07) is 7.68. The van der Waals surface area contributed by atoms with Gasteiger partial charge in [-0.3, -0.25) is 4.90 Å². The fourth-order valence-corrected chi connectivity index (χ4v) is 5.59. The molecule has 0 saturated carbocycles. The van der Waals surface area contributed by atoms with E-state index in [0.717, 1.165) is 32.5 Å². The standard InChI is InChI=1S/C15H20N2O2S3/c18-22(19,15-4-2-10-21-15)16-11-13-5-7-17(8-6-13)12-14-3-1-9-20-14/h1-4,9-10,13,16H,5-8,11-12H2.